The summed E-state index contributed by atoms with van der Waals surface area (Å²) < 4.78 is 5.41. The molecule has 0 radical (unpaired) electrons. The highest BCUT2D eigenvalue weighted by molar-refractivity contribution is 5.79. The molecule has 0 aromatic heterocycles. The van der Waals surface area contributed by atoms with E-state index in [0.29, 0.717) is 12.5 Å². The van der Waals surface area contributed by atoms with Crippen LogP contribution in [0.2, 0.25) is 0 Å². The van der Waals surface area contributed by atoms with Gasteiger partial charge in [0.1, 0.15) is 0 Å². The van der Waals surface area contributed by atoms with Crippen molar-refractivity contribution in [1.29, 1.82) is 0 Å². The second-order valence-electron chi connectivity index (χ2n) is 6.96. The number of hydrogen-bond acceptors (Lipinski definition) is 3. The van der Waals surface area contributed by atoms with Gasteiger partial charge < -0.3 is 15.4 Å². The molecule has 1 aliphatic rings. The molecule has 0 spiro atoms. The Morgan fingerprint density at radius 3 is 2.31 bits per heavy atom. The van der Waals surface area contributed by atoms with Crippen LogP contribution in [0.4, 0.5) is 0 Å². The lowest BCUT2D eigenvalue weighted by Gasteiger charge is -2.26. The van der Waals surface area contributed by atoms with Gasteiger partial charge in [-0.25, -0.2) is 4.99 Å². The van der Waals surface area contributed by atoms with E-state index in [1.165, 1.54) is 24.0 Å². The second-order valence-corrected chi connectivity index (χ2v) is 6.96. The van der Waals surface area contributed by atoms with Crippen LogP contribution in [-0.4, -0.2) is 50.3 Å². The SMILES string of the molecule is CCNC(=NCc1ccc(CN2CCOCC2)cc1)NCC(CC)CC. The van der Waals surface area contributed by atoms with E-state index in [2.05, 4.69) is 60.6 Å². The number of nitrogens with one attached hydrogen (secondary N) is 2. The smallest absolute Gasteiger partial charge is 0.191 e. The molecule has 1 fully saturated rings. The van der Waals surface area contributed by atoms with Crippen LogP contribution in [0.5, 0.6) is 0 Å². The first-order valence-electron chi connectivity index (χ1n) is 10.1. The van der Waals surface area contributed by atoms with Crippen molar-refractivity contribution in [3.8, 4) is 0 Å². The molecule has 2 rings (SSSR count). The predicted octanol–water partition coefficient (Wildman–Crippen LogP) is 3.01. The molecule has 5 heteroatoms. The lowest BCUT2D eigenvalue weighted by Crippen LogP contribution is -2.39. The third-order valence-electron chi connectivity index (χ3n) is 5.01. The first-order valence-corrected chi connectivity index (χ1v) is 10.1. The first kappa shape index (κ1) is 20.7. The van der Waals surface area contributed by atoms with E-state index in [-0.39, 0.29) is 0 Å². The van der Waals surface area contributed by atoms with E-state index >= 15 is 0 Å². The molecule has 1 aromatic rings. The summed E-state index contributed by atoms with van der Waals surface area (Å²) in [4.78, 5) is 7.18. The topological polar surface area (TPSA) is 48.9 Å². The van der Waals surface area contributed by atoms with Gasteiger partial charge in [0.25, 0.3) is 0 Å². The van der Waals surface area contributed by atoms with E-state index in [0.717, 1.165) is 51.9 Å². The Morgan fingerprint density at radius 2 is 1.69 bits per heavy atom. The molecule has 1 aromatic carbocycles. The van der Waals surface area contributed by atoms with E-state index in [9.17, 15) is 0 Å². The fraction of sp³-hybridized carbons (Fsp3) is 0.667. The molecule has 26 heavy (non-hydrogen) atoms. The summed E-state index contributed by atoms with van der Waals surface area (Å²) in [6.07, 6.45) is 2.40. The molecule has 0 saturated carbocycles. The zero-order chi connectivity index (χ0) is 18.6. The van der Waals surface area contributed by atoms with Crippen LogP contribution in [-0.2, 0) is 17.8 Å². The molecule has 146 valence electrons. The minimum absolute atomic E-state index is 0.704. The third-order valence-corrected chi connectivity index (χ3v) is 5.01. The van der Waals surface area contributed by atoms with E-state index in [4.69, 9.17) is 9.73 Å². The van der Waals surface area contributed by atoms with Crippen LogP contribution >= 0.6 is 0 Å². The highest BCUT2D eigenvalue weighted by Gasteiger charge is 2.10. The molecule has 0 bridgehead atoms. The van der Waals surface area contributed by atoms with Crippen LogP contribution in [0.3, 0.4) is 0 Å². The Bertz CT molecular complexity index is 519. The normalized spacial score (nSPS) is 16.1. The molecule has 0 unspecified atom stereocenters. The van der Waals surface area contributed by atoms with Crippen molar-refractivity contribution >= 4 is 5.96 Å². The van der Waals surface area contributed by atoms with Gasteiger partial charge >= 0.3 is 0 Å². The monoisotopic (exact) mass is 360 g/mol. The van der Waals surface area contributed by atoms with Gasteiger partial charge in [-0.05, 0) is 24.0 Å². The summed E-state index contributed by atoms with van der Waals surface area (Å²) in [6.45, 7) is 13.9. The molecular weight excluding hydrogens is 324 g/mol. The van der Waals surface area contributed by atoms with Crippen LogP contribution in [0.1, 0.15) is 44.7 Å². The summed E-state index contributed by atoms with van der Waals surface area (Å²) in [6, 6.07) is 8.85. The Hall–Kier alpha value is -1.59. The maximum atomic E-state index is 5.41. The number of morpholine rings is 1. The molecule has 2 N–H and O–H groups in total. The number of hydrogen-bond donors (Lipinski definition) is 2. The molecule has 1 saturated heterocycles. The van der Waals surface area contributed by atoms with Crippen molar-refractivity contribution in [3.63, 3.8) is 0 Å². The van der Waals surface area contributed by atoms with Gasteiger partial charge in [0.2, 0.25) is 0 Å². The number of benzene rings is 1. The van der Waals surface area contributed by atoms with Crippen molar-refractivity contribution in [2.45, 2.75) is 46.7 Å². The number of ether oxygens (including phenoxy) is 1. The molecule has 1 heterocycles. The van der Waals surface area contributed by atoms with Crippen LogP contribution in [0.25, 0.3) is 0 Å². The standard InChI is InChI=1S/C21H36N4O/c1-4-18(5-2)15-23-21(22-6-3)24-16-19-7-9-20(10-8-19)17-25-11-13-26-14-12-25/h7-10,18H,4-6,11-17H2,1-3H3,(H2,22,23,24). The maximum absolute atomic E-state index is 5.41. The van der Waals surface area contributed by atoms with Crippen molar-refractivity contribution in [1.82, 2.24) is 15.5 Å². The summed E-state index contributed by atoms with van der Waals surface area (Å²) >= 11 is 0. The fourth-order valence-corrected chi connectivity index (χ4v) is 3.10. The van der Waals surface area contributed by atoms with Crippen LogP contribution < -0.4 is 10.6 Å². The van der Waals surface area contributed by atoms with E-state index < -0.39 is 0 Å². The van der Waals surface area contributed by atoms with Crippen molar-refractivity contribution in [3.05, 3.63) is 35.4 Å². The van der Waals surface area contributed by atoms with Gasteiger partial charge in [-0.3, -0.25) is 4.90 Å². The zero-order valence-electron chi connectivity index (χ0n) is 16.8. The summed E-state index contributed by atoms with van der Waals surface area (Å²) in [5.41, 5.74) is 2.61. The first-order chi connectivity index (χ1) is 12.7. The van der Waals surface area contributed by atoms with Gasteiger partial charge in [-0.1, -0.05) is 51.0 Å². The van der Waals surface area contributed by atoms with Crippen molar-refractivity contribution in [2.24, 2.45) is 10.9 Å². The number of rotatable bonds is 9. The molecule has 5 nitrogen and oxygen atoms in total. The Balaban J connectivity index is 1.85. The highest BCUT2D eigenvalue weighted by atomic mass is 16.5. The Morgan fingerprint density at radius 1 is 1.04 bits per heavy atom. The third kappa shape index (κ3) is 7.34. The predicted molar refractivity (Wildman–Crippen MR) is 109 cm³/mol. The Labute approximate surface area is 159 Å². The average molecular weight is 361 g/mol. The molecule has 0 atom stereocenters. The fourth-order valence-electron chi connectivity index (χ4n) is 3.10. The molecule has 0 aliphatic carbocycles. The van der Waals surface area contributed by atoms with Gasteiger partial charge in [0, 0.05) is 32.7 Å². The largest absolute Gasteiger partial charge is 0.379 e. The minimum atomic E-state index is 0.704. The van der Waals surface area contributed by atoms with Gasteiger partial charge in [-0.15, -0.1) is 0 Å². The number of guanidine groups is 1. The minimum Gasteiger partial charge on any atom is -0.379 e. The van der Waals surface area contributed by atoms with Crippen molar-refractivity contribution < 1.29 is 4.74 Å². The molecular formula is C21H36N4O. The van der Waals surface area contributed by atoms with E-state index in [1.807, 2.05) is 0 Å². The number of nitrogens with zero attached hydrogens (tertiary/aromatic N) is 2. The Kier molecular flexibility index (Phi) is 9.50. The molecule has 1 aliphatic heterocycles. The zero-order valence-corrected chi connectivity index (χ0v) is 16.8. The highest BCUT2D eigenvalue weighted by Crippen LogP contribution is 2.10. The van der Waals surface area contributed by atoms with Crippen LogP contribution in [0, 0.1) is 5.92 Å². The maximum Gasteiger partial charge on any atom is 0.191 e. The van der Waals surface area contributed by atoms with Gasteiger partial charge in [0.05, 0.1) is 19.8 Å². The number of aliphatic imine (C=N–C) groups is 1. The quantitative estimate of drug-likeness (QED) is 0.525. The molecule has 0 amide bonds. The summed E-state index contributed by atoms with van der Waals surface area (Å²) in [7, 11) is 0. The van der Waals surface area contributed by atoms with Gasteiger partial charge in [-0.2, -0.15) is 0 Å². The lowest BCUT2D eigenvalue weighted by atomic mass is 10.0. The lowest BCUT2D eigenvalue weighted by molar-refractivity contribution is 0.0342. The average Bonchev–Trinajstić information content (AvgIpc) is 2.68. The van der Waals surface area contributed by atoms with Crippen LogP contribution in [0.15, 0.2) is 29.3 Å². The van der Waals surface area contributed by atoms with Gasteiger partial charge in [0.15, 0.2) is 5.96 Å². The van der Waals surface area contributed by atoms with Crippen molar-refractivity contribution in [2.75, 3.05) is 39.4 Å². The summed E-state index contributed by atoms with van der Waals surface area (Å²) in [5.74, 6) is 1.62. The van der Waals surface area contributed by atoms with E-state index in [1.54, 1.807) is 0 Å². The second kappa shape index (κ2) is 11.9. The summed E-state index contributed by atoms with van der Waals surface area (Å²) in [5, 5.41) is 6.82.